The number of rotatable bonds is 2. The minimum atomic E-state index is 0.339. The summed E-state index contributed by atoms with van der Waals surface area (Å²) in [4.78, 5) is 14.1. The molecule has 90 valence electrons. The second-order valence-corrected chi connectivity index (χ2v) is 5.75. The van der Waals surface area contributed by atoms with Gasteiger partial charge < -0.3 is 4.90 Å². The Morgan fingerprint density at radius 2 is 2.25 bits per heavy atom. The Bertz CT molecular complexity index is 306. The Morgan fingerprint density at radius 3 is 2.94 bits per heavy atom. The molecule has 2 unspecified atom stereocenters. The van der Waals surface area contributed by atoms with Crippen molar-refractivity contribution in [3.8, 4) is 0 Å². The topological polar surface area (TPSA) is 20.3 Å². The summed E-state index contributed by atoms with van der Waals surface area (Å²) < 4.78 is 0. The lowest BCUT2D eigenvalue weighted by molar-refractivity contribution is -0.134. The van der Waals surface area contributed by atoms with Gasteiger partial charge in [0.25, 0.3) is 0 Å². The smallest absolute Gasteiger partial charge is 0.227 e. The Morgan fingerprint density at radius 1 is 1.50 bits per heavy atom. The molecule has 2 rings (SSSR count). The molecule has 2 nitrogen and oxygen atoms in total. The standard InChI is InChI=1S/C14H23NO/c1-10(2)9-15-13-7-5-4-6-12(13)11(3)8-14(15)16/h7,10-12H,4-6,8-9H2,1-3H3. The number of allylic oxidation sites excluding steroid dienone is 2. The van der Waals surface area contributed by atoms with Crippen molar-refractivity contribution in [2.45, 2.75) is 46.5 Å². The predicted molar refractivity (Wildman–Crippen MR) is 65.8 cm³/mol. The molecule has 0 bridgehead atoms. The minimum absolute atomic E-state index is 0.339. The van der Waals surface area contributed by atoms with Gasteiger partial charge in [0.15, 0.2) is 0 Å². The van der Waals surface area contributed by atoms with Crippen molar-refractivity contribution < 1.29 is 4.79 Å². The molecule has 1 aliphatic heterocycles. The van der Waals surface area contributed by atoms with Gasteiger partial charge in [0.2, 0.25) is 5.91 Å². The van der Waals surface area contributed by atoms with Gasteiger partial charge in [-0.15, -0.1) is 0 Å². The highest BCUT2D eigenvalue weighted by Gasteiger charge is 2.36. The molecule has 2 aliphatic rings. The van der Waals surface area contributed by atoms with E-state index in [1.54, 1.807) is 0 Å². The monoisotopic (exact) mass is 221 g/mol. The molecule has 1 heterocycles. The molecule has 0 N–H and O–H groups in total. The van der Waals surface area contributed by atoms with E-state index in [4.69, 9.17) is 0 Å². The SMILES string of the molecule is CC(C)CN1C(=O)CC(C)C2CCCC=C21. The molecule has 1 fully saturated rings. The molecule has 1 amide bonds. The summed E-state index contributed by atoms with van der Waals surface area (Å²) in [5.41, 5.74) is 1.34. The highest BCUT2D eigenvalue weighted by Crippen LogP contribution is 2.39. The zero-order valence-corrected chi connectivity index (χ0v) is 10.7. The first-order valence-corrected chi connectivity index (χ1v) is 6.60. The number of amides is 1. The van der Waals surface area contributed by atoms with Crippen LogP contribution in [-0.4, -0.2) is 17.4 Å². The quantitative estimate of drug-likeness (QED) is 0.701. The van der Waals surface area contributed by atoms with Gasteiger partial charge in [-0.2, -0.15) is 0 Å². The highest BCUT2D eigenvalue weighted by atomic mass is 16.2. The summed E-state index contributed by atoms with van der Waals surface area (Å²) in [6, 6.07) is 0. The summed E-state index contributed by atoms with van der Waals surface area (Å²) in [5, 5.41) is 0. The molecule has 2 heteroatoms. The van der Waals surface area contributed by atoms with Crippen LogP contribution in [0.15, 0.2) is 11.8 Å². The lowest BCUT2D eigenvalue weighted by Gasteiger charge is -2.42. The fourth-order valence-corrected chi connectivity index (χ4v) is 3.02. The lowest BCUT2D eigenvalue weighted by Crippen LogP contribution is -2.44. The van der Waals surface area contributed by atoms with Gasteiger partial charge in [0.05, 0.1) is 0 Å². The zero-order chi connectivity index (χ0) is 11.7. The van der Waals surface area contributed by atoms with Crippen LogP contribution in [0, 0.1) is 17.8 Å². The Hall–Kier alpha value is -0.790. The van der Waals surface area contributed by atoms with Gasteiger partial charge in [-0.05, 0) is 31.1 Å². The van der Waals surface area contributed by atoms with Gasteiger partial charge in [-0.3, -0.25) is 4.79 Å². The second-order valence-electron chi connectivity index (χ2n) is 5.75. The molecule has 0 aromatic carbocycles. The highest BCUT2D eigenvalue weighted by molar-refractivity contribution is 5.79. The Labute approximate surface area is 98.7 Å². The summed E-state index contributed by atoms with van der Waals surface area (Å²) in [5.74, 6) is 2.08. The Kier molecular flexibility index (Phi) is 3.36. The summed E-state index contributed by atoms with van der Waals surface area (Å²) in [6.45, 7) is 7.50. The summed E-state index contributed by atoms with van der Waals surface area (Å²) >= 11 is 0. The van der Waals surface area contributed by atoms with Gasteiger partial charge >= 0.3 is 0 Å². The molecule has 0 spiro atoms. The molecule has 0 aromatic heterocycles. The van der Waals surface area contributed by atoms with E-state index in [1.807, 2.05) is 0 Å². The van der Waals surface area contributed by atoms with Crippen LogP contribution < -0.4 is 0 Å². The molecule has 1 saturated heterocycles. The Balaban J connectivity index is 2.21. The average Bonchev–Trinajstić information content (AvgIpc) is 2.24. The van der Waals surface area contributed by atoms with E-state index < -0.39 is 0 Å². The number of piperidine rings is 1. The number of fused-ring (bicyclic) bond motifs is 1. The van der Waals surface area contributed by atoms with Crippen molar-refractivity contribution in [1.82, 2.24) is 4.90 Å². The van der Waals surface area contributed by atoms with Crippen molar-refractivity contribution >= 4 is 5.91 Å². The molecular weight excluding hydrogens is 198 g/mol. The van der Waals surface area contributed by atoms with E-state index in [0.29, 0.717) is 23.7 Å². The third kappa shape index (κ3) is 2.16. The van der Waals surface area contributed by atoms with Crippen LogP contribution in [0.4, 0.5) is 0 Å². The predicted octanol–water partition coefficient (Wildman–Crippen LogP) is 3.19. The van der Waals surface area contributed by atoms with Crippen molar-refractivity contribution in [1.29, 1.82) is 0 Å². The van der Waals surface area contributed by atoms with E-state index in [9.17, 15) is 4.79 Å². The molecule has 2 atom stereocenters. The minimum Gasteiger partial charge on any atom is -0.316 e. The first-order chi connectivity index (χ1) is 7.59. The summed E-state index contributed by atoms with van der Waals surface area (Å²) in [7, 11) is 0. The van der Waals surface area contributed by atoms with E-state index >= 15 is 0 Å². The maximum absolute atomic E-state index is 12.1. The van der Waals surface area contributed by atoms with E-state index in [-0.39, 0.29) is 0 Å². The first-order valence-electron chi connectivity index (χ1n) is 6.60. The molecule has 0 radical (unpaired) electrons. The van der Waals surface area contributed by atoms with Crippen molar-refractivity contribution in [3.05, 3.63) is 11.8 Å². The van der Waals surface area contributed by atoms with Gasteiger partial charge in [0, 0.05) is 24.6 Å². The second kappa shape index (κ2) is 4.60. The lowest BCUT2D eigenvalue weighted by atomic mass is 9.77. The number of carbonyl (C=O) groups excluding carboxylic acids is 1. The zero-order valence-electron chi connectivity index (χ0n) is 10.7. The first kappa shape index (κ1) is 11.7. The third-order valence-electron chi connectivity index (χ3n) is 3.80. The fourth-order valence-electron chi connectivity index (χ4n) is 3.02. The molecular formula is C14H23NO. The molecule has 0 aromatic rings. The number of likely N-dealkylation sites (tertiary alicyclic amines) is 1. The number of nitrogens with zero attached hydrogens (tertiary/aromatic N) is 1. The van der Waals surface area contributed by atoms with Crippen molar-refractivity contribution in [2.75, 3.05) is 6.54 Å². The fraction of sp³-hybridized carbons (Fsp3) is 0.786. The van der Waals surface area contributed by atoms with E-state index in [0.717, 1.165) is 19.4 Å². The summed E-state index contributed by atoms with van der Waals surface area (Å²) in [6.07, 6.45) is 6.77. The maximum atomic E-state index is 12.1. The van der Waals surface area contributed by atoms with Crippen molar-refractivity contribution in [2.24, 2.45) is 17.8 Å². The van der Waals surface area contributed by atoms with Crippen LogP contribution in [0.2, 0.25) is 0 Å². The van der Waals surface area contributed by atoms with E-state index in [1.165, 1.54) is 18.5 Å². The molecule has 1 aliphatic carbocycles. The van der Waals surface area contributed by atoms with Crippen LogP contribution in [-0.2, 0) is 4.79 Å². The third-order valence-corrected chi connectivity index (χ3v) is 3.80. The van der Waals surface area contributed by atoms with Crippen LogP contribution in [0.3, 0.4) is 0 Å². The van der Waals surface area contributed by atoms with Gasteiger partial charge in [-0.25, -0.2) is 0 Å². The van der Waals surface area contributed by atoms with Gasteiger partial charge in [-0.1, -0.05) is 26.8 Å². The molecule has 0 saturated carbocycles. The van der Waals surface area contributed by atoms with Crippen LogP contribution in [0.5, 0.6) is 0 Å². The normalized spacial score (nSPS) is 30.4. The molecule has 16 heavy (non-hydrogen) atoms. The largest absolute Gasteiger partial charge is 0.316 e. The van der Waals surface area contributed by atoms with Crippen LogP contribution in [0.1, 0.15) is 46.5 Å². The number of carbonyl (C=O) groups is 1. The van der Waals surface area contributed by atoms with Crippen LogP contribution >= 0.6 is 0 Å². The van der Waals surface area contributed by atoms with E-state index in [2.05, 4.69) is 31.7 Å². The van der Waals surface area contributed by atoms with Crippen molar-refractivity contribution in [3.63, 3.8) is 0 Å². The number of hydrogen-bond donors (Lipinski definition) is 0. The maximum Gasteiger partial charge on any atom is 0.227 e. The van der Waals surface area contributed by atoms with Crippen LogP contribution in [0.25, 0.3) is 0 Å². The van der Waals surface area contributed by atoms with Gasteiger partial charge in [0.1, 0.15) is 0 Å². The number of hydrogen-bond acceptors (Lipinski definition) is 1. The average molecular weight is 221 g/mol.